The van der Waals surface area contributed by atoms with Crippen LogP contribution in [0, 0.1) is 6.92 Å². The van der Waals surface area contributed by atoms with Crippen molar-refractivity contribution in [2.75, 3.05) is 4.72 Å². The van der Waals surface area contributed by atoms with Crippen LogP contribution in [0.1, 0.15) is 36.8 Å². The van der Waals surface area contributed by atoms with E-state index in [-0.39, 0.29) is 20.1 Å². The molecule has 0 aliphatic carbocycles. The molecule has 0 bridgehead atoms. The molecule has 2 aromatic rings. The molecule has 1 aromatic carbocycles. The van der Waals surface area contributed by atoms with Crippen molar-refractivity contribution in [3.05, 3.63) is 40.0 Å². The van der Waals surface area contributed by atoms with Crippen LogP contribution in [0.25, 0.3) is 0 Å². The molecule has 1 heterocycles. The van der Waals surface area contributed by atoms with Crippen molar-refractivity contribution in [1.29, 1.82) is 0 Å². The molecule has 2 N–H and O–H groups in total. The zero-order valence-corrected chi connectivity index (χ0v) is 16.1. The fourth-order valence-electron chi connectivity index (χ4n) is 1.90. The third kappa shape index (κ3) is 4.68. The standard InChI is InChI=1S/C15H18ClN3O3S2/c1-9-13(23-14(16)17-9)24(21,22)19-11-7-5-10(6-8-11)12(20)18-15(2,3)4/h5-8,19H,1-4H3,(H,18,20). The molecular formula is C15H18ClN3O3S2. The zero-order valence-electron chi connectivity index (χ0n) is 13.7. The van der Waals surface area contributed by atoms with Crippen LogP contribution in [0.2, 0.25) is 4.47 Å². The smallest absolute Gasteiger partial charge is 0.273 e. The van der Waals surface area contributed by atoms with Gasteiger partial charge in [0.15, 0.2) is 8.68 Å². The van der Waals surface area contributed by atoms with Gasteiger partial charge >= 0.3 is 0 Å². The number of aryl methyl sites for hydroxylation is 1. The molecule has 0 unspecified atom stereocenters. The summed E-state index contributed by atoms with van der Waals surface area (Å²) < 4.78 is 27.4. The van der Waals surface area contributed by atoms with Crippen molar-refractivity contribution >= 4 is 44.6 Å². The zero-order chi connectivity index (χ0) is 18.1. The maximum absolute atomic E-state index is 12.4. The Morgan fingerprint density at radius 1 is 1.21 bits per heavy atom. The summed E-state index contributed by atoms with van der Waals surface area (Å²) in [6.07, 6.45) is 0. The van der Waals surface area contributed by atoms with E-state index in [9.17, 15) is 13.2 Å². The maximum Gasteiger partial charge on any atom is 0.273 e. The summed E-state index contributed by atoms with van der Waals surface area (Å²) in [5.74, 6) is -0.220. The van der Waals surface area contributed by atoms with Gasteiger partial charge in [-0.3, -0.25) is 9.52 Å². The van der Waals surface area contributed by atoms with Crippen molar-refractivity contribution in [2.24, 2.45) is 0 Å². The number of carbonyl (C=O) groups is 1. The van der Waals surface area contributed by atoms with Crippen molar-refractivity contribution in [1.82, 2.24) is 10.3 Å². The molecule has 0 spiro atoms. The number of rotatable bonds is 4. The second kappa shape index (κ2) is 6.70. The second-order valence-electron chi connectivity index (χ2n) is 6.23. The van der Waals surface area contributed by atoms with Crippen LogP contribution in [0.5, 0.6) is 0 Å². The normalized spacial score (nSPS) is 12.0. The Morgan fingerprint density at radius 2 is 1.79 bits per heavy atom. The van der Waals surface area contributed by atoms with Gasteiger partial charge in [-0.1, -0.05) is 22.9 Å². The van der Waals surface area contributed by atoms with E-state index >= 15 is 0 Å². The van der Waals surface area contributed by atoms with Gasteiger partial charge in [0.05, 0.1) is 5.69 Å². The number of sulfonamides is 1. The lowest BCUT2D eigenvalue weighted by Gasteiger charge is -2.20. The van der Waals surface area contributed by atoms with Crippen molar-refractivity contribution < 1.29 is 13.2 Å². The fraction of sp³-hybridized carbons (Fsp3) is 0.333. The SMILES string of the molecule is Cc1nc(Cl)sc1S(=O)(=O)Nc1ccc(C(=O)NC(C)(C)C)cc1. The van der Waals surface area contributed by atoms with Crippen LogP contribution in [-0.4, -0.2) is 24.8 Å². The summed E-state index contributed by atoms with van der Waals surface area (Å²) in [5.41, 5.74) is 0.801. The van der Waals surface area contributed by atoms with E-state index in [0.717, 1.165) is 11.3 Å². The van der Waals surface area contributed by atoms with Gasteiger partial charge in [-0.15, -0.1) is 0 Å². The van der Waals surface area contributed by atoms with E-state index in [4.69, 9.17) is 11.6 Å². The van der Waals surface area contributed by atoms with Crippen LogP contribution in [0.4, 0.5) is 5.69 Å². The van der Waals surface area contributed by atoms with E-state index in [2.05, 4.69) is 15.0 Å². The molecular weight excluding hydrogens is 370 g/mol. The second-order valence-corrected chi connectivity index (χ2v) is 9.69. The number of anilines is 1. The molecule has 2 rings (SSSR count). The highest BCUT2D eigenvalue weighted by molar-refractivity contribution is 7.94. The lowest BCUT2D eigenvalue weighted by atomic mass is 10.1. The lowest BCUT2D eigenvalue weighted by Crippen LogP contribution is -2.40. The number of benzene rings is 1. The van der Waals surface area contributed by atoms with Crippen molar-refractivity contribution in [3.8, 4) is 0 Å². The van der Waals surface area contributed by atoms with Gasteiger partial charge in [-0.05, 0) is 52.0 Å². The Kier molecular flexibility index (Phi) is 5.22. The van der Waals surface area contributed by atoms with Gasteiger partial charge in [0, 0.05) is 16.8 Å². The van der Waals surface area contributed by atoms with E-state index in [1.807, 2.05) is 20.8 Å². The quantitative estimate of drug-likeness (QED) is 0.841. The summed E-state index contributed by atoms with van der Waals surface area (Å²) in [5, 5.41) is 2.84. The number of hydrogen-bond donors (Lipinski definition) is 2. The first kappa shape index (κ1) is 18.7. The fourth-order valence-corrected chi connectivity index (χ4v) is 4.70. The summed E-state index contributed by atoms with van der Waals surface area (Å²) in [7, 11) is -3.76. The first-order chi connectivity index (χ1) is 11.0. The van der Waals surface area contributed by atoms with Gasteiger partial charge in [0.25, 0.3) is 15.9 Å². The Balaban J connectivity index is 2.17. The van der Waals surface area contributed by atoms with Gasteiger partial charge in [0.1, 0.15) is 0 Å². The van der Waals surface area contributed by atoms with Gasteiger partial charge in [0.2, 0.25) is 0 Å². The third-order valence-corrected chi connectivity index (χ3v) is 6.11. The first-order valence-corrected chi connectivity index (χ1v) is 9.74. The maximum atomic E-state index is 12.4. The third-order valence-electron chi connectivity index (χ3n) is 2.86. The minimum Gasteiger partial charge on any atom is -0.347 e. The molecule has 0 aliphatic heterocycles. The number of thiazole rings is 1. The Labute approximate surface area is 150 Å². The Hall–Kier alpha value is -1.64. The van der Waals surface area contributed by atoms with Crippen molar-refractivity contribution in [2.45, 2.75) is 37.4 Å². The molecule has 0 saturated heterocycles. The van der Waals surface area contributed by atoms with E-state index < -0.39 is 10.0 Å². The molecule has 6 nitrogen and oxygen atoms in total. The van der Waals surface area contributed by atoms with Crippen LogP contribution < -0.4 is 10.0 Å². The van der Waals surface area contributed by atoms with Crippen LogP contribution >= 0.6 is 22.9 Å². The average Bonchev–Trinajstić information content (AvgIpc) is 2.77. The summed E-state index contributed by atoms with van der Waals surface area (Å²) in [6, 6.07) is 6.19. The van der Waals surface area contributed by atoms with Crippen LogP contribution in [0.3, 0.4) is 0 Å². The number of aromatic nitrogens is 1. The summed E-state index contributed by atoms with van der Waals surface area (Å²) >= 11 is 6.65. The van der Waals surface area contributed by atoms with Crippen molar-refractivity contribution in [3.63, 3.8) is 0 Å². The average molecular weight is 388 g/mol. The number of nitrogens with zero attached hydrogens (tertiary/aromatic N) is 1. The minimum atomic E-state index is -3.76. The summed E-state index contributed by atoms with van der Waals surface area (Å²) in [6.45, 7) is 7.23. The van der Waals surface area contributed by atoms with E-state index in [1.165, 1.54) is 12.1 Å². The predicted molar refractivity (Wildman–Crippen MR) is 96.3 cm³/mol. The van der Waals surface area contributed by atoms with Crippen LogP contribution in [0.15, 0.2) is 28.5 Å². The molecule has 1 aromatic heterocycles. The van der Waals surface area contributed by atoms with Gasteiger partial charge < -0.3 is 5.32 Å². The molecule has 0 radical (unpaired) electrons. The highest BCUT2D eigenvalue weighted by atomic mass is 35.5. The monoisotopic (exact) mass is 387 g/mol. The summed E-state index contributed by atoms with van der Waals surface area (Å²) in [4.78, 5) is 16.0. The molecule has 0 fully saturated rings. The minimum absolute atomic E-state index is 0.0713. The first-order valence-electron chi connectivity index (χ1n) is 7.06. The number of carbonyl (C=O) groups excluding carboxylic acids is 1. The van der Waals surface area contributed by atoms with Gasteiger partial charge in [-0.25, -0.2) is 13.4 Å². The Morgan fingerprint density at radius 3 is 2.25 bits per heavy atom. The molecule has 9 heteroatoms. The topological polar surface area (TPSA) is 88.2 Å². The highest BCUT2D eigenvalue weighted by Gasteiger charge is 2.22. The molecule has 0 aliphatic rings. The highest BCUT2D eigenvalue weighted by Crippen LogP contribution is 2.28. The van der Waals surface area contributed by atoms with E-state index in [1.54, 1.807) is 19.1 Å². The number of amides is 1. The number of nitrogens with one attached hydrogen (secondary N) is 2. The predicted octanol–water partition coefficient (Wildman–Crippen LogP) is 3.43. The molecule has 24 heavy (non-hydrogen) atoms. The number of hydrogen-bond acceptors (Lipinski definition) is 5. The number of halogens is 1. The molecule has 130 valence electrons. The van der Waals surface area contributed by atoms with E-state index in [0.29, 0.717) is 16.9 Å². The largest absolute Gasteiger partial charge is 0.347 e. The Bertz CT molecular complexity index is 853. The van der Waals surface area contributed by atoms with Gasteiger partial charge in [-0.2, -0.15) is 0 Å². The van der Waals surface area contributed by atoms with Crippen LogP contribution in [-0.2, 0) is 10.0 Å². The molecule has 0 atom stereocenters. The lowest BCUT2D eigenvalue weighted by molar-refractivity contribution is 0.0919. The molecule has 1 amide bonds. The molecule has 0 saturated carbocycles.